The number of halogens is 1. The second-order valence-corrected chi connectivity index (χ2v) is 5.78. The first-order valence-electron chi connectivity index (χ1n) is 5.82. The summed E-state index contributed by atoms with van der Waals surface area (Å²) >= 11 is 1.53. The van der Waals surface area contributed by atoms with E-state index in [4.69, 9.17) is 0 Å². The SMILES string of the molecule is Cc1cc(F)ccc1CC(=O)c1cc(C)c(C)s1. The molecule has 2 rings (SSSR count). The van der Waals surface area contributed by atoms with Crippen LogP contribution < -0.4 is 0 Å². The van der Waals surface area contributed by atoms with Gasteiger partial charge in [-0.15, -0.1) is 11.3 Å². The van der Waals surface area contributed by atoms with Gasteiger partial charge in [-0.25, -0.2) is 4.39 Å². The molecule has 0 aliphatic rings. The summed E-state index contributed by atoms with van der Waals surface area (Å²) in [6.07, 6.45) is 0.339. The first-order valence-corrected chi connectivity index (χ1v) is 6.64. The summed E-state index contributed by atoms with van der Waals surface area (Å²) in [7, 11) is 0. The lowest BCUT2D eigenvalue weighted by atomic mass is 10.0. The van der Waals surface area contributed by atoms with Crippen LogP contribution in [-0.2, 0) is 6.42 Å². The Morgan fingerprint density at radius 3 is 2.44 bits per heavy atom. The fourth-order valence-corrected chi connectivity index (χ4v) is 2.80. The number of benzene rings is 1. The monoisotopic (exact) mass is 262 g/mol. The van der Waals surface area contributed by atoms with Gasteiger partial charge in [-0.2, -0.15) is 0 Å². The molecule has 0 radical (unpaired) electrons. The van der Waals surface area contributed by atoms with Crippen molar-refractivity contribution in [1.82, 2.24) is 0 Å². The highest BCUT2D eigenvalue weighted by molar-refractivity contribution is 7.14. The molecular formula is C15H15FOS. The maximum atomic E-state index is 13.0. The maximum Gasteiger partial charge on any atom is 0.177 e. The van der Waals surface area contributed by atoms with E-state index in [0.29, 0.717) is 6.42 Å². The van der Waals surface area contributed by atoms with Crippen LogP contribution in [0, 0.1) is 26.6 Å². The molecule has 0 amide bonds. The topological polar surface area (TPSA) is 17.1 Å². The molecule has 0 saturated heterocycles. The van der Waals surface area contributed by atoms with Gasteiger partial charge in [0.25, 0.3) is 0 Å². The average Bonchev–Trinajstić information content (AvgIpc) is 2.63. The summed E-state index contributed by atoms with van der Waals surface area (Å²) in [5.41, 5.74) is 2.87. The van der Waals surface area contributed by atoms with Gasteiger partial charge in [-0.3, -0.25) is 4.79 Å². The minimum Gasteiger partial charge on any atom is -0.293 e. The van der Waals surface area contributed by atoms with Crippen molar-refractivity contribution in [1.29, 1.82) is 0 Å². The van der Waals surface area contributed by atoms with Gasteiger partial charge >= 0.3 is 0 Å². The number of carbonyl (C=O) groups is 1. The summed E-state index contributed by atoms with van der Waals surface area (Å²) < 4.78 is 13.0. The number of thiophene rings is 1. The summed E-state index contributed by atoms with van der Waals surface area (Å²) in [5, 5.41) is 0. The third-order valence-electron chi connectivity index (χ3n) is 3.10. The van der Waals surface area contributed by atoms with Crippen LogP contribution in [0.25, 0.3) is 0 Å². The molecule has 0 fully saturated rings. The van der Waals surface area contributed by atoms with Crippen LogP contribution in [0.1, 0.15) is 31.2 Å². The van der Waals surface area contributed by atoms with Gasteiger partial charge in [0, 0.05) is 11.3 Å². The molecule has 1 heterocycles. The summed E-state index contributed by atoms with van der Waals surface area (Å²) in [5.74, 6) is -0.155. The third-order valence-corrected chi connectivity index (χ3v) is 4.29. The normalized spacial score (nSPS) is 10.7. The molecule has 0 unspecified atom stereocenters. The summed E-state index contributed by atoms with van der Waals surface area (Å²) in [6.45, 7) is 5.85. The van der Waals surface area contributed by atoms with Gasteiger partial charge in [0.2, 0.25) is 0 Å². The minimum absolute atomic E-state index is 0.103. The third kappa shape index (κ3) is 2.67. The predicted octanol–water partition coefficient (Wildman–Crippen LogP) is 4.24. The van der Waals surface area contributed by atoms with Crippen molar-refractivity contribution in [2.24, 2.45) is 0 Å². The number of hydrogen-bond donors (Lipinski definition) is 0. The molecule has 0 spiro atoms. The molecule has 0 N–H and O–H groups in total. The van der Waals surface area contributed by atoms with Gasteiger partial charge in [0.15, 0.2) is 5.78 Å². The van der Waals surface area contributed by atoms with Crippen molar-refractivity contribution in [3.8, 4) is 0 Å². The van der Waals surface area contributed by atoms with Crippen LogP contribution in [0.5, 0.6) is 0 Å². The van der Waals surface area contributed by atoms with Crippen LogP contribution in [0.3, 0.4) is 0 Å². The van der Waals surface area contributed by atoms with Crippen molar-refractivity contribution in [3.05, 3.63) is 56.5 Å². The lowest BCUT2D eigenvalue weighted by molar-refractivity contribution is 0.0996. The van der Waals surface area contributed by atoms with Crippen LogP contribution in [0.15, 0.2) is 24.3 Å². The zero-order chi connectivity index (χ0) is 13.3. The van der Waals surface area contributed by atoms with Crippen molar-refractivity contribution in [3.63, 3.8) is 0 Å². The number of rotatable bonds is 3. The quantitative estimate of drug-likeness (QED) is 0.756. The Hall–Kier alpha value is -1.48. The Morgan fingerprint density at radius 2 is 1.89 bits per heavy atom. The molecule has 1 aromatic heterocycles. The summed E-state index contributed by atoms with van der Waals surface area (Å²) in [4.78, 5) is 14.1. The van der Waals surface area contributed by atoms with Gasteiger partial charge in [-0.1, -0.05) is 6.07 Å². The molecular weight excluding hydrogens is 247 g/mol. The Kier molecular flexibility index (Phi) is 3.62. The van der Waals surface area contributed by atoms with E-state index in [-0.39, 0.29) is 11.6 Å². The van der Waals surface area contributed by atoms with E-state index >= 15 is 0 Å². The van der Waals surface area contributed by atoms with E-state index in [2.05, 4.69) is 0 Å². The van der Waals surface area contributed by atoms with E-state index in [0.717, 1.165) is 21.6 Å². The van der Waals surface area contributed by atoms with E-state index in [1.165, 1.54) is 28.3 Å². The van der Waals surface area contributed by atoms with Crippen molar-refractivity contribution >= 4 is 17.1 Å². The molecule has 1 nitrogen and oxygen atoms in total. The van der Waals surface area contributed by atoms with Gasteiger partial charge in [0.05, 0.1) is 4.88 Å². The number of ketones is 1. The fourth-order valence-electron chi connectivity index (χ4n) is 1.83. The van der Waals surface area contributed by atoms with Crippen LogP contribution in [-0.4, -0.2) is 5.78 Å². The van der Waals surface area contributed by atoms with E-state index in [9.17, 15) is 9.18 Å². The smallest absolute Gasteiger partial charge is 0.177 e. The standard InChI is InChI=1S/C15H15FOS/c1-9-7-15(18-11(9)3)14(17)8-12-4-5-13(16)6-10(12)2/h4-7H,8H2,1-3H3. The highest BCUT2D eigenvalue weighted by Gasteiger charge is 2.12. The Labute approximate surface area is 110 Å². The van der Waals surface area contributed by atoms with Crippen molar-refractivity contribution < 1.29 is 9.18 Å². The minimum atomic E-state index is -0.258. The maximum absolute atomic E-state index is 13.0. The predicted molar refractivity (Wildman–Crippen MR) is 73.0 cm³/mol. The average molecular weight is 262 g/mol. The molecule has 0 aliphatic heterocycles. The Bertz CT molecular complexity index is 579. The molecule has 0 bridgehead atoms. The van der Waals surface area contributed by atoms with Crippen LogP contribution >= 0.6 is 11.3 Å². The molecule has 0 atom stereocenters. The first-order chi connectivity index (χ1) is 8.47. The van der Waals surface area contributed by atoms with Crippen molar-refractivity contribution in [2.75, 3.05) is 0 Å². The molecule has 2 aromatic rings. The Balaban J connectivity index is 2.21. The van der Waals surface area contributed by atoms with Gasteiger partial charge < -0.3 is 0 Å². The first kappa shape index (κ1) is 13.0. The lowest BCUT2D eigenvalue weighted by Crippen LogP contribution is -2.03. The molecule has 0 aliphatic carbocycles. The summed E-state index contributed by atoms with van der Waals surface area (Å²) in [6, 6.07) is 6.49. The van der Waals surface area contributed by atoms with E-state index in [1.54, 1.807) is 6.07 Å². The van der Waals surface area contributed by atoms with E-state index in [1.807, 2.05) is 26.8 Å². The highest BCUT2D eigenvalue weighted by Crippen LogP contribution is 2.23. The molecule has 18 heavy (non-hydrogen) atoms. The number of carbonyl (C=O) groups excluding carboxylic acids is 1. The lowest BCUT2D eigenvalue weighted by Gasteiger charge is -2.04. The zero-order valence-electron chi connectivity index (χ0n) is 10.7. The van der Waals surface area contributed by atoms with Crippen LogP contribution in [0.2, 0.25) is 0 Å². The van der Waals surface area contributed by atoms with Gasteiger partial charge in [-0.05, 0) is 55.7 Å². The molecule has 94 valence electrons. The molecule has 0 saturated carbocycles. The second-order valence-electron chi connectivity index (χ2n) is 4.52. The fraction of sp³-hybridized carbons (Fsp3) is 0.267. The second kappa shape index (κ2) is 5.02. The van der Waals surface area contributed by atoms with Crippen molar-refractivity contribution in [2.45, 2.75) is 27.2 Å². The largest absolute Gasteiger partial charge is 0.293 e. The number of hydrogen-bond acceptors (Lipinski definition) is 2. The molecule has 3 heteroatoms. The number of Topliss-reactive ketones (excluding diaryl/α,β-unsaturated/α-hetero) is 1. The van der Waals surface area contributed by atoms with Crippen LogP contribution in [0.4, 0.5) is 4.39 Å². The number of aryl methyl sites for hydroxylation is 3. The zero-order valence-corrected chi connectivity index (χ0v) is 11.5. The Morgan fingerprint density at radius 1 is 1.17 bits per heavy atom. The van der Waals surface area contributed by atoms with E-state index < -0.39 is 0 Å². The van der Waals surface area contributed by atoms with Gasteiger partial charge in [0.1, 0.15) is 5.82 Å². The molecule has 1 aromatic carbocycles. The highest BCUT2D eigenvalue weighted by atomic mass is 32.1.